The normalized spacial score (nSPS) is 21.8. The molecule has 6 rings (SSSR count). The van der Waals surface area contributed by atoms with Crippen LogP contribution < -0.4 is 9.62 Å². The number of anilines is 1. The Labute approximate surface area is 430 Å². The summed E-state index contributed by atoms with van der Waals surface area (Å²) in [5, 5.41) is -0.192. The molecule has 64 heavy (non-hydrogen) atoms. The van der Waals surface area contributed by atoms with Crippen molar-refractivity contribution in [1.82, 2.24) is 9.79 Å². The second-order valence-electron chi connectivity index (χ2n) is 16.6. The molecule has 1 saturated heterocycles. The number of thiol groups is 1. The zero-order valence-corrected chi connectivity index (χ0v) is 43.7. The van der Waals surface area contributed by atoms with Gasteiger partial charge in [-0.05, 0) is 68.2 Å². The summed E-state index contributed by atoms with van der Waals surface area (Å²) in [5.41, 5.74) is 1.75. The number of fused-ring (bicyclic) bond motifs is 2. The van der Waals surface area contributed by atoms with Crippen molar-refractivity contribution in [3.8, 4) is 0 Å². The van der Waals surface area contributed by atoms with Crippen molar-refractivity contribution in [2.75, 3.05) is 24.2 Å². The van der Waals surface area contributed by atoms with Crippen molar-refractivity contribution < 1.29 is 63.0 Å². The van der Waals surface area contributed by atoms with E-state index < -0.39 is 82.5 Å². The van der Waals surface area contributed by atoms with Crippen LogP contribution in [0.3, 0.4) is 0 Å². The van der Waals surface area contributed by atoms with Crippen LogP contribution in [0.15, 0.2) is 69.6 Å². The van der Waals surface area contributed by atoms with Crippen molar-refractivity contribution in [1.29, 1.82) is 0 Å². The Hall–Kier alpha value is -2.59. The molecule has 3 N–H and O–H groups in total. The molecule has 2 aromatic carbocycles. The van der Waals surface area contributed by atoms with Gasteiger partial charge in [-0.25, -0.2) is 17.9 Å². The summed E-state index contributed by atoms with van der Waals surface area (Å²) in [5.74, 6) is -3.36. The van der Waals surface area contributed by atoms with Gasteiger partial charge in [0, 0.05) is 128 Å². The maximum atomic E-state index is 13.1. The summed E-state index contributed by atoms with van der Waals surface area (Å²) in [6, 6.07) is 8.18. The summed E-state index contributed by atoms with van der Waals surface area (Å²) >= 11 is 16.9. The molecule has 2 fully saturated rings. The Morgan fingerprint density at radius 2 is 1.48 bits per heavy atom. The van der Waals surface area contributed by atoms with Crippen LogP contribution in [0.1, 0.15) is 77.3 Å². The molecule has 2 atom stereocenters. The van der Waals surface area contributed by atoms with Gasteiger partial charge in [-0.1, -0.05) is 50.8 Å². The summed E-state index contributed by atoms with van der Waals surface area (Å²) in [6.45, 7) is 7.19. The number of allylic oxidation sites excluding steroid dienone is 3. The second kappa shape index (κ2) is 19.2. The molecule has 339 valence electrons. The van der Waals surface area contributed by atoms with Crippen molar-refractivity contribution >= 4 is 169 Å². The van der Waals surface area contributed by atoms with Gasteiger partial charge in [0.2, 0.25) is 22.3 Å². The number of imide groups is 1. The van der Waals surface area contributed by atoms with E-state index in [2.05, 4.69) is 0 Å². The number of carbonyl (C=O) groups is 4. The summed E-state index contributed by atoms with van der Waals surface area (Å²) in [6.07, 6.45) is 5.78. The summed E-state index contributed by atoms with van der Waals surface area (Å²) < 4.78 is 96.2. The Kier molecular flexibility index (Phi) is 15.7. The number of nitrogens with zero attached hydrogens (tertiary/aromatic N) is 3. The molecule has 4 aliphatic rings. The largest absolute Gasteiger partial charge is 0.344 e. The number of rotatable bonds is 14. The van der Waals surface area contributed by atoms with E-state index in [1.165, 1.54) is 34.9 Å². The third-order valence-corrected chi connectivity index (χ3v) is 15.4. The molecule has 3 amide bonds. The van der Waals surface area contributed by atoms with Crippen LogP contribution in [0, 0.1) is 5.92 Å². The summed E-state index contributed by atoms with van der Waals surface area (Å²) in [7, 11) is -13.2. The van der Waals surface area contributed by atoms with Gasteiger partial charge in [0.05, 0.1) is 26.3 Å². The molecule has 17 nitrogen and oxygen atoms in total. The smallest absolute Gasteiger partial charge is 0.333 e. The fourth-order valence-corrected chi connectivity index (χ4v) is 11.1. The van der Waals surface area contributed by atoms with Gasteiger partial charge in [-0.15, -0.1) is 5.06 Å². The first-order valence-corrected chi connectivity index (χ1v) is 25.6. The Bertz CT molecular complexity index is 2820. The average Bonchev–Trinajstić information content (AvgIpc) is 3.74. The number of hydrogen-bond donors (Lipinski definition) is 4. The molecule has 0 spiro atoms. The van der Waals surface area contributed by atoms with Crippen LogP contribution in [0.25, 0.3) is 0 Å². The predicted octanol–water partition coefficient (Wildman–Crippen LogP) is 3.69. The van der Waals surface area contributed by atoms with E-state index in [0.29, 0.717) is 75.2 Å². The molecule has 1 radical (unpaired) electrons. The van der Waals surface area contributed by atoms with Crippen molar-refractivity contribution in [3.05, 3.63) is 70.9 Å². The minimum atomic E-state index is -4.63. The third kappa shape index (κ3) is 10.7. The van der Waals surface area contributed by atoms with E-state index in [4.69, 9.17) is 41.9 Å². The summed E-state index contributed by atoms with van der Waals surface area (Å²) in [4.78, 5) is 56.2. The minimum Gasteiger partial charge on any atom is -0.344 e. The van der Waals surface area contributed by atoms with Crippen LogP contribution in [0.4, 0.5) is 11.4 Å². The van der Waals surface area contributed by atoms with E-state index in [0.717, 1.165) is 6.26 Å². The molecule has 3 aliphatic heterocycles. The van der Waals surface area contributed by atoms with E-state index in [1.54, 1.807) is 26.0 Å². The maximum absolute atomic E-state index is 13.1. The number of unbranched alkanes of at least 4 members (excludes halogenated alkanes) is 2. The van der Waals surface area contributed by atoms with Crippen LogP contribution >= 0.6 is 37.1 Å². The van der Waals surface area contributed by atoms with E-state index >= 15 is 0 Å². The van der Waals surface area contributed by atoms with Crippen molar-refractivity contribution in [2.24, 2.45) is 5.92 Å². The van der Waals surface area contributed by atoms with Crippen molar-refractivity contribution in [3.63, 3.8) is 0 Å². The Morgan fingerprint density at radius 3 is 2.06 bits per heavy atom. The molecular weight excluding hydrogens is 976 g/mol. The molecule has 1 aliphatic carbocycles. The van der Waals surface area contributed by atoms with Crippen LogP contribution in [0.5, 0.6) is 0 Å². The van der Waals surface area contributed by atoms with Crippen LogP contribution in [-0.4, -0.2) is 159 Å². The molecule has 1 saturated carbocycles. The van der Waals surface area contributed by atoms with E-state index in [1.807, 2.05) is 29.5 Å². The Balaban J connectivity index is 0.00000771. The molecule has 3 heterocycles. The van der Waals surface area contributed by atoms with E-state index in [9.17, 15) is 53.5 Å². The van der Waals surface area contributed by atoms with Gasteiger partial charge in [0.15, 0.2) is 5.71 Å². The maximum Gasteiger partial charge on any atom is 0.333 e. The first-order valence-electron chi connectivity index (χ1n) is 19.5. The SMILES string of the molecule is CC1(C)C(/C=C2\C(=S)C(=S)C(/C=C3/N(CCCCCC(=O)ON4C(=O)CCC4=O)c4ccc(S(=O)(=O)O)cc4C3(C)C)C2S)=[N+](CC(=O)NS(C)(=O)=O)c2ccc(S(=O)(=O)O)cc21.[K]. The fraction of sp³-hybridized carbons (Fsp3) is 0.425. The zero-order chi connectivity index (χ0) is 46.8. The van der Waals surface area contributed by atoms with Gasteiger partial charge in [0.1, 0.15) is 0 Å². The van der Waals surface area contributed by atoms with Gasteiger partial charge >= 0.3 is 5.97 Å². The zero-order valence-electron chi connectivity index (χ0n) is 35.6. The predicted molar refractivity (Wildman–Crippen MR) is 248 cm³/mol. The molecule has 0 bridgehead atoms. The van der Waals surface area contributed by atoms with Gasteiger partial charge in [0.25, 0.3) is 38.0 Å². The third-order valence-electron chi connectivity index (χ3n) is 11.5. The number of amides is 3. The number of carbonyl (C=O) groups excluding carboxylic acids is 4. The fourth-order valence-electron chi connectivity index (χ4n) is 8.31. The quantitative estimate of drug-likeness (QED) is 0.0308. The molecule has 2 unspecified atom stereocenters. The van der Waals surface area contributed by atoms with Gasteiger partial charge in [-0.2, -0.15) is 34.0 Å². The number of hydrogen-bond acceptors (Lipinski definition) is 15. The Morgan fingerprint density at radius 1 is 0.906 bits per heavy atom. The van der Waals surface area contributed by atoms with Crippen molar-refractivity contribution in [2.45, 2.75) is 92.1 Å². The molecule has 24 heteroatoms. The first kappa shape index (κ1) is 52.4. The number of benzene rings is 2. The molecular formula is C40H45KN4O13S6+. The van der Waals surface area contributed by atoms with Crippen LogP contribution in [0.2, 0.25) is 0 Å². The van der Waals surface area contributed by atoms with Crippen LogP contribution in [-0.2, 0) is 65.1 Å². The number of nitrogens with one attached hydrogen (secondary N) is 1. The number of sulfonamides is 1. The topological polar surface area (TPSA) is 242 Å². The number of thiocarbonyl (C=S) groups is 2. The second-order valence-corrected chi connectivity index (χ2v) is 22.6. The van der Waals surface area contributed by atoms with Gasteiger partial charge in [-0.3, -0.25) is 23.5 Å². The van der Waals surface area contributed by atoms with E-state index in [-0.39, 0.29) is 85.3 Å². The first-order chi connectivity index (χ1) is 29.0. The number of hydroxylamine groups is 2. The molecule has 2 aromatic rings. The van der Waals surface area contributed by atoms with Gasteiger partial charge < -0.3 is 9.74 Å². The average molecular weight is 1020 g/mol. The monoisotopic (exact) mass is 1020 g/mol. The molecule has 0 aromatic heterocycles. The standard InChI is InChI=1S/C40H44N4O13S6.K/c1-39(2)26-17-22(62(51,52)53)10-12-28(26)42(16-8-6-7-9-35(48)57-44-33(46)14-15-34(44)47)30(39)19-24-36(58)25(38(60)37(24)59)20-31-40(3,4)27-18-23(63(54,55)56)11-13-29(27)43(31)21-32(45)41-61(5,49)50;/h10-13,17-20,24,36H,6-9,14-16,21H2,1-5H3,(H3-,41,45,51,52,53,54,55,56,58);/p+1/b25-20-,30-19+;. The minimum absolute atomic E-state index is 0.